The molecule has 0 unspecified atom stereocenters. The van der Waals surface area contributed by atoms with Crippen molar-refractivity contribution in [2.24, 2.45) is 0 Å². The maximum Gasteiger partial charge on any atom is 0.119 e. The molecule has 2 aromatic carbocycles. The van der Waals surface area contributed by atoms with Gasteiger partial charge in [0, 0.05) is 4.47 Å². The Kier molecular flexibility index (Phi) is 6.69. The van der Waals surface area contributed by atoms with Crippen LogP contribution >= 0.6 is 15.9 Å². The van der Waals surface area contributed by atoms with Gasteiger partial charge in [0.15, 0.2) is 0 Å². The lowest BCUT2D eigenvalue weighted by Crippen LogP contribution is -1.96. The Labute approximate surface area is 140 Å². The van der Waals surface area contributed by atoms with Gasteiger partial charge in [-0.1, -0.05) is 46.3 Å². The zero-order valence-electron chi connectivity index (χ0n) is 12.8. The number of benzene rings is 2. The van der Waals surface area contributed by atoms with Crippen LogP contribution in [-0.2, 0) is 17.8 Å². The van der Waals surface area contributed by atoms with E-state index in [0.29, 0.717) is 19.8 Å². The molecule has 116 valence electrons. The number of hydrogen-bond acceptors (Lipinski definition) is 2. The highest BCUT2D eigenvalue weighted by molar-refractivity contribution is 9.10. The Hall–Kier alpha value is -1.58. The standard InChI is InChI=1S/C19H21BrO2/c1-3-11-21-14-17-8-5-16(13-19(17)20)12-15-6-9-18(10-7-15)22-4-2/h3,5-10,13H,1,4,11-12,14H2,2H3. The Morgan fingerprint density at radius 3 is 2.45 bits per heavy atom. The smallest absolute Gasteiger partial charge is 0.119 e. The second-order valence-electron chi connectivity index (χ2n) is 4.98. The molecule has 0 aliphatic rings. The van der Waals surface area contributed by atoms with Crippen molar-refractivity contribution in [2.75, 3.05) is 13.2 Å². The van der Waals surface area contributed by atoms with Gasteiger partial charge in [0.25, 0.3) is 0 Å². The Bertz CT molecular complexity index is 605. The van der Waals surface area contributed by atoms with Crippen molar-refractivity contribution in [1.29, 1.82) is 0 Å². The summed E-state index contributed by atoms with van der Waals surface area (Å²) < 4.78 is 12.0. The van der Waals surface area contributed by atoms with Crippen LogP contribution in [0.2, 0.25) is 0 Å². The molecule has 0 spiro atoms. The van der Waals surface area contributed by atoms with E-state index in [2.05, 4.69) is 52.8 Å². The second kappa shape index (κ2) is 8.76. The third kappa shape index (κ3) is 5.00. The fourth-order valence-electron chi connectivity index (χ4n) is 2.18. The summed E-state index contributed by atoms with van der Waals surface area (Å²) >= 11 is 3.62. The van der Waals surface area contributed by atoms with Gasteiger partial charge in [-0.2, -0.15) is 0 Å². The van der Waals surface area contributed by atoms with Crippen molar-refractivity contribution in [3.8, 4) is 5.75 Å². The van der Waals surface area contributed by atoms with Crippen molar-refractivity contribution in [1.82, 2.24) is 0 Å². The largest absolute Gasteiger partial charge is 0.494 e. The molecule has 0 amide bonds. The van der Waals surface area contributed by atoms with E-state index in [1.807, 2.05) is 19.1 Å². The first-order valence-corrected chi connectivity index (χ1v) is 8.20. The van der Waals surface area contributed by atoms with Gasteiger partial charge in [-0.25, -0.2) is 0 Å². The Morgan fingerprint density at radius 2 is 1.82 bits per heavy atom. The van der Waals surface area contributed by atoms with Gasteiger partial charge < -0.3 is 9.47 Å². The highest BCUT2D eigenvalue weighted by Gasteiger charge is 2.03. The fraction of sp³-hybridized carbons (Fsp3) is 0.263. The molecule has 3 heteroatoms. The molecule has 0 saturated carbocycles. The fourth-order valence-corrected chi connectivity index (χ4v) is 2.72. The maximum absolute atomic E-state index is 5.48. The molecule has 2 rings (SSSR count). The summed E-state index contributed by atoms with van der Waals surface area (Å²) in [4.78, 5) is 0. The summed E-state index contributed by atoms with van der Waals surface area (Å²) in [5.41, 5.74) is 3.69. The van der Waals surface area contributed by atoms with Gasteiger partial charge in [-0.3, -0.25) is 0 Å². The van der Waals surface area contributed by atoms with Gasteiger partial charge in [0.05, 0.1) is 19.8 Å². The SMILES string of the molecule is C=CCOCc1ccc(Cc2ccc(OCC)cc2)cc1Br. The Morgan fingerprint density at radius 1 is 1.09 bits per heavy atom. The number of halogens is 1. The Balaban J connectivity index is 2.00. The van der Waals surface area contributed by atoms with E-state index in [1.54, 1.807) is 6.08 Å². The van der Waals surface area contributed by atoms with Crippen LogP contribution in [-0.4, -0.2) is 13.2 Å². The second-order valence-corrected chi connectivity index (χ2v) is 5.84. The molecule has 0 aromatic heterocycles. The van der Waals surface area contributed by atoms with E-state index in [4.69, 9.17) is 9.47 Å². The molecular formula is C19H21BrO2. The third-order valence-corrected chi connectivity index (χ3v) is 3.99. The average Bonchev–Trinajstić information content (AvgIpc) is 2.52. The number of rotatable bonds is 8. The lowest BCUT2D eigenvalue weighted by atomic mass is 10.0. The normalized spacial score (nSPS) is 10.5. The summed E-state index contributed by atoms with van der Waals surface area (Å²) in [6.07, 6.45) is 2.66. The van der Waals surface area contributed by atoms with Gasteiger partial charge in [0.2, 0.25) is 0 Å². The molecule has 0 aliphatic carbocycles. The molecule has 2 aromatic rings. The molecule has 0 atom stereocenters. The summed E-state index contributed by atoms with van der Waals surface area (Å²) in [5.74, 6) is 0.919. The van der Waals surface area contributed by atoms with E-state index in [0.717, 1.165) is 22.2 Å². The molecule has 0 saturated heterocycles. The molecule has 0 aliphatic heterocycles. The quantitative estimate of drug-likeness (QED) is 0.479. The summed E-state index contributed by atoms with van der Waals surface area (Å²) in [7, 11) is 0. The topological polar surface area (TPSA) is 18.5 Å². The third-order valence-electron chi connectivity index (χ3n) is 3.25. The highest BCUT2D eigenvalue weighted by atomic mass is 79.9. The van der Waals surface area contributed by atoms with Crippen molar-refractivity contribution >= 4 is 15.9 Å². The van der Waals surface area contributed by atoms with E-state index in [-0.39, 0.29) is 0 Å². The summed E-state index contributed by atoms with van der Waals surface area (Å²) in [5, 5.41) is 0. The minimum Gasteiger partial charge on any atom is -0.494 e. The van der Waals surface area contributed by atoms with Crippen molar-refractivity contribution < 1.29 is 9.47 Å². The lowest BCUT2D eigenvalue weighted by Gasteiger charge is -2.09. The maximum atomic E-state index is 5.48. The monoisotopic (exact) mass is 360 g/mol. The molecule has 0 bridgehead atoms. The first-order valence-electron chi connectivity index (χ1n) is 7.40. The lowest BCUT2D eigenvalue weighted by molar-refractivity contribution is 0.148. The predicted molar refractivity (Wildman–Crippen MR) is 94.4 cm³/mol. The highest BCUT2D eigenvalue weighted by Crippen LogP contribution is 2.22. The van der Waals surface area contributed by atoms with E-state index in [9.17, 15) is 0 Å². The van der Waals surface area contributed by atoms with Crippen LogP contribution in [0.3, 0.4) is 0 Å². The van der Waals surface area contributed by atoms with Gasteiger partial charge >= 0.3 is 0 Å². The summed E-state index contributed by atoms with van der Waals surface area (Å²) in [6.45, 7) is 7.50. The van der Waals surface area contributed by atoms with Crippen LogP contribution in [0.1, 0.15) is 23.6 Å². The minimum atomic E-state index is 0.570. The van der Waals surface area contributed by atoms with Crippen molar-refractivity contribution in [3.63, 3.8) is 0 Å². The van der Waals surface area contributed by atoms with Crippen LogP contribution in [0.15, 0.2) is 59.6 Å². The molecule has 22 heavy (non-hydrogen) atoms. The van der Waals surface area contributed by atoms with E-state index >= 15 is 0 Å². The van der Waals surface area contributed by atoms with Crippen LogP contribution in [0.4, 0.5) is 0 Å². The summed E-state index contributed by atoms with van der Waals surface area (Å²) in [6, 6.07) is 14.7. The van der Waals surface area contributed by atoms with Crippen LogP contribution in [0, 0.1) is 0 Å². The van der Waals surface area contributed by atoms with Gasteiger partial charge in [-0.05, 0) is 48.2 Å². The molecule has 0 heterocycles. The van der Waals surface area contributed by atoms with Crippen molar-refractivity contribution in [2.45, 2.75) is 20.0 Å². The van der Waals surface area contributed by atoms with Gasteiger partial charge in [0.1, 0.15) is 5.75 Å². The average molecular weight is 361 g/mol. The zero-order chi connectivity index (χ0) is 15.8. The molecule has 2 nitrogen and oxygen atoms in total. The van der Waals surface area contributed by atoms with E-state index in [1.165, 1.54) is 11.1 Å². The predicted octanol–water partition coefficient (Wildman–Crippen LogP) is 5.14. The van der Waals surface area contributed by atoms with Crippen molar-refractivity contribution in [3.05, 3.63) is 76.3 Å². The molecule has 0 N–H and O–H groups in total. The zero-order valence-corrected chi connectivity index (χ0v) is 14.4. The molecular weight excluding hydrogens is 340 g/mol. The van der Waals surface area contributed by atoms with Gasteiger partial charge in [-0.15, -0.1) is 6.58 Å². The van der Waals surface area contributed by atoms with E-state index < -0.39 is 0 Å². The minimum absolute atomic E-state index is 0.570. The first-order chi connectivity index (χ1) is 10.7. The van der Waals surface area contributed by atoms with Crippen LogP contribution < -0.4 is 4.74 Å². The van der Waals surface area contributed by atoms with Crippen LogP contribution in [0.5, 0.6) is 5.75 Å². The molecule has 0 radical (unpaired) electrons. The molecule has 0 fully saturated rings. The number of hydrogen-bond donors (Lipinski definition) is 0. The van der Waals surface area contributed by atoms with Crippen LogP contribution in [0.25, 0.3) is 0 Å². The first kappa shape index (κ1) is 16.8. The number of ether oxygens (including phenoxy) is 2.